The Hall–Kier alpha value is -2.91. The van der Waals surface area contributed by atoms with Gasteiger partial charge in [0.15, 0.2) is 0 Å². The molecule has 2 aromatic rings. The van der Waals surface area contributed by atoms with Crippen molar-refractivity contribution in [2.75, 3.05) is 13.1 Å². The molecule has 0 radical (unpaired) electrons. The molecule has 1 aliphatic carbocycles. The van der Waals surface area contributed by atoms with Crippen LogP contribution in [0.3, 0.4) is 0 Å². The number of nitrogens with one attached hydrogen (secondary N) is 2. The van der Waals surface area contributed by atoms with Crippen LogP contribution >= 0.6 is 0 Å². The molecule has 1 aromatic carbocycles. The van der Waals surface area contributed by atoms with Crippen LogP contribution in [-0.4, -0.2) is 43.8 Å². The second kappa shape index (κ2) is 11.5. The molecule has 1 fully saturated rings. The highest BCUT2D eigenvalue weighted by Gasteiger charge is 2.42. The molecule has 184 valence electrons. The van der Waals surface area contributed by atoms with Gasteiger partial charge in [-0.25, -0.2) is 13.1 Å². The number of furan rings is 1. The molecule has 1 heterocycles. The van der Waals surface area contributed by atoms with Crippen molar-refractivity contribution in [2.45, 2.75) is 62.9 Å². The van der Waals surface area contributed by atoms with Gasteiger partial charge in [0.2, 0.25) is 21.8 Å². The Labute approximate surface area is 201 Å². The van der Waals surface area contributed by atoms with Gasteiger partial charge in [0, 0.05) is 19.2 Å². The SMILES string of the molecule is CCN(CC)C(=O)C1(NC(=O)C=Cc2ccc(S(=O)(=O)NCc3ccco3)cc2)CCCCC1. The minimum atomic E-state index is -3.69. The normalized spacial score (nSPS) is 15.8. The van der Waals surface area contributed by atoms with Crippen molar-refractivity contribution >= 4 is 27.9 Å². The molecule has 1 aromatic heterocycles. The first-order chi connectivity index (χ1) is 16.3. The molecule has 0 unspecified atom stereocenters. The lowest BCUT2D eigenvalue weighted by Crippen LogP contribution is -2.60. The molecule has 0 aliphatic heterocycles. The topological polar surface area (TPSA) is 109 Å². The third-order valence-corrected chi connectivity index (χ3v) is 7.58. The Kier molecular flexibility index (Phi) is 8.68. The molecule has 34 heavy (non-hydrogen) atoms. The summed E-state index contributed by atoms with van der Waals surface area (Å²) in [5.41, 5.74) is -0.184. The Morgan fingerprint density at radius 3 is 2.32 bits per heavy atom. The monoisotopic (exact) mass is 487 g/mol. The van der Waals surface area contributed by atoms with E-state index in [1.54, 1.807) is 35.2 Å². The molecule has 1 aliphatic rings. The Balaban J connectivity index is 1.64. The summed E-state index contributed by atoms with van der Waals surface area (Å²) >= 11 is 0. The van der Waals surface area contributed by atoms with E-state index in [0.717, 1.165) is 19.3 Å². The van der Waals surface area contributed by atoms with Gasteiger partial charge in [-0.05, 0) is 62.6 Å². The summed E-state index contributed by atoms with van der Waals surface area (Å²) in [7, 11) is -3.69. The maximum Gasteiger partial charge on any atom is 0.248 e. The van der Waals surface area contributed by atoms with Gasteiger partial charge in [-0.3, -0.25) is 9.59 Å². The summed E-state index contributed by atoms with van der Waals surface area (Å²) < 4.78 is 32.5. The minimum absolute atomic E-state index is 0.0180. The van der Waals surface area contributed by atoms with E-state index in [-0.39, 0.29) is 23.3 Å². The van der Waals surface area contributed by atoms with E-state index in [4.69, 9.17) is 4.42 Å². The summed E-state index contributed by atoms with van der Waals surface area (Å²) in [6, 6.07) is 9.60. The number of amides is 2. The highest BCUT2D eigenvalue weighted by Crippen LogP contribution is 2.30. The Morgan fingerprint density at radius 1 is 1.06 bits per heavy atom. The zero-order valence-corrected chi connectivity index (χ0v) is 20.6. The third kappa shape index (κ3) is 6.36. The number of carbonyl (C=O) groups excluding carboxylic acids is 2. The van der Waals surface area contributed by atoms with E-state index in [9.17, 15) is 18.0 Å². The van der Waals surface area contributed by atoms with Gasteiger partial charge in [-0.2, -0.15) is 0 Å². The van der Waals surface area contributed by atoms with Crippen LogP contribution in [0.2, 0.25) is 0 Å². The number of hydrogen-bond donors (Lipinski definition) is 2. The van der Waals surface area contributed by atoms with Crippen molar-refractivity contribution in [1.29, 1.82) is 0 Å². The van der Waals surface area contributed by atoms with Crippen LogP contribution < -0.4 is 10.0 Å². The van der Waals surface area contributed by atoms with Crippen LogP contribution in [0, 0.1) is 0 Å². The smallest absolute Gasteiger partial charge is 0.248 e. The van der Waals surface area contributed by atoms with Crippen LogP contribution in [0.1, 0.15) is 57.3 Å². The highest BCUT2D eigenvalue weighted by atomic mass is 32.2. The van der Waals surface area contributed by atoms with Gasteiger partial charge >= 0.3 is 0 Å². The average molecular weight is 488 g/mol. The fourth-order valence-electron chi connectivity index (χ4n) is 4.23. The molecular weight excluding hydrogens is 454 g/mol. The predicted molar refractivity (Wildman–Crippen MR) is 130 cm³/mol. The summed E-state index contributed by atoms with van der Waals surface area (Å²) in [6.45, 7) is 5.15. The molecule has 2 amide bonds. The predicted octanol–water partition coefficient (Wildman–Crippen LogP) is 3.46. The maximum absolute atomic E-state index is 13.2. The zero-order valence-electron chi connectivity index (χ0n) is 19.7. The standard InChI is InChI=1S/C25H33N3O5S/c1-3-28(4-2)24(30)25(16-6-5-7-17-25)27-23(29)15-12-20-10-13-22(14-11-20)34(31,32)26-19-21-9-8-18-33-21/h8-15,18,26H,3-7,16-17,19H2,1-2H3,(H,27,29). The van der Waals surface area contributed by atoms with Gasteiger partial charge < -0.3 is 14.6 Å². The van der Waals surface area contributed by atoms with Crippen LogP contribution in [0.5, 0.6) is 0 Å². The quantitative estimate of drug-likeness (QED) is 0.499. The minimum Gasteiger partial charge on any atom is -0.468 e. The lowest BCUT2D eigenvalue weighted by molar-refractivity contribution is -0.142. The van der Waals surface area contributed by atoms with Crippen molar-refractivity contribution in [3.8, 4) is 0 Å². The van der Waals surface area contributed by atoms with Gasteiger partial charge in [0.25, 0.3) is 0 Å². The second-order valence-electron chi connectivity index (χ2n) is 8.42. The van der Waals surface area contributed by atoms with E-state index < -0.39 is 15.6 Å². The average Bonchev–Trinajstić information content (AvgIpc) is 3.37. The lowest BCUT2D eigenvalue weighted by Gasteiger charge is -2.39. The van der Waals surface area contributed by atoms with Crippen LogP contribution in [0.25, 0.3) is 6.08 Å². The second-order valence-corrected chi connectivity index (χ2v) is 10.2. The number of benzene rings is 1. The number of likely N-dealkylation sites (N-methyl/N-ethyl adjacent to an activating group) is 1. The first kappa shape index (κ1) is 25.7. The molecule has 0 bridgehead atoms. The van der Waals surface area contributed by atoms with Crippen LogP contribution in [0.4, 0.5) is 0 Å². The molecule has 3 rings (SSSR count). The number of sulfonamides is 1. The van der Waals surface area contributed by atoms with Gasteiger partial charge in [-0.1, -0.05) is 31.4 Å². The van der Waals surface area contributed by atoms with E-state index in [2.05, 4.69) is 10.0 Å². The van der Waals surface area contributed by atoms with Gasteiger partial charge in [0.05, 0.1) is 17.7 Å². The van der Waals surface area contributed by atoms with Crippen LogP contribution in [-0.2, 0) is 26.2 Å². The Morgan fingerprint density at radius 2 is 1.74 bits per heavy atom. The van der Waals surface area contributed by atoms with Crippen molar-refractivity contribution < 1.29 is 22.4 Å². The van der Waals surface area contributed by atoms with Gasteiger partial charge in [0.1, 0.15) is 11.3 Å². The summed E-state index contributed by atoms with van der Waals surface area (Å²) in [5.74, 6) is 0.166. The van der Waals surface area contributed by atoms with Crippen molar-refractivity contribution in [3.63, 3.8) is 0 Å². The number of nitrogens with zero attached hydrogens (tertiary/aromatic N) is 1. The fourth-order valence-corrected chi connectivity index (χ4v) is 5.22. The third-order valence-electron chi connectivity index (χ3n) is 6.16. The van der Waals surface area contributed by atoms with E-state index in [1.165, 1.54) is 24.5 Å². The lowest BCUT2D eigenvalue weighted by atomic mass is 9.80. The fraction of sp³-hybridized carbons (Fsp3) is 0.440. The van der Waals surface area contributed by atoms with Crippen molar-refractivity contribution in [3.05, 3.63) is 60.1 Å². The first-order valence-electron chi connectivity index (χ1n) is 11.7. The van der Waals surface area contributed by atoms with E-state index in [0.29, 0.717) is 37.3 Å². The zero-order chi connectivity index (χ0) is 24.6. The highest BCUT2D eigenvalue weighted by molar-refractivity contribution is 7.89. The molecule has 8 nitrogen and oxygen atoms in total. The van der Waals surface area contributed by atoms with Crippen LogP contribution in [0.15, 0.2) is 58.1 Å². The molecule has 0 atom stereocenters. The molecule has 0 spiro atoms. The van der Waals surface area contributed by atoms with E-state index >= 15 is 0 Å². The molecule has 0 saturated heterocycles. The molecular formula is C25H33N3O5S. The van der Waals surface area contributed by atoms with E-state index in [1.807, 2.05) is 13.8 Å². The summed E-state index contributed by atoms with van der Waals surface area (Å²) in [6.07, 6.45) is 8.63. The summed E-state index contributed by atoms with van der Waals surface area (Å²) in [4.78, 5) is 27.8. The molecule has 9 heteroatoms. The Bertz CT molecular complexity index is 1080. The number of rotatable bonds is 10. The molecule has 2 N–H and O–H groups in total. The summed E-state index contributed by atoms with van der Waals surface area (Å²) in [5, 5.41) is 2.99. The van der Waals surface area contributed by atoms with Crippen molar-refractivity contribution in [1.82, 2.24) is 14.9 Å². The largest absolute Gasteiger partial charge is 0.468 e. The van der Waals surface area contributed by atoms with Crippen molar-refractivity contribution in [2.24, 2.45) is 0 Å². The number of hydrogen-bond acceptors (Lipinski definition) is 5. The maximum atomic E-state index is 13.2. The molecule has 1 saturated carbocycles. The number of carbonyl (C=O) groups is 2. The first-order valence-corrected chi connectivity index (χ1v) is 13.2. The van der Waals surface area contributed by atoms with Gasteiger partial charge in [-0.15, -0.1) is 0 Å².